The Morgan fingerprint density at radius 1 is 0.889 bits per heavy atom. The predicted octanol–water partition coefficient (Wildman–Crippen LogP) is 5.03. The van der Waals surface area contributed by atoms with Crippen molar-refractivity contribution >= 4 is 11.6 Å². The fraction of sp³-hybridized carbons (Fsp3) is 0.0952. The first-order valence-corrected chi connectivity index (χ1v) is 8.16. The minimum atomic E-state index is -4.66. The summed E-state index contributed by atoms with van der Waals surface area (Å²) in [5.74, 6) is -0.947. The maximum atomic E-state index is 13.6. The molecule has 0 unspecified atom stereocenters. The molecule has 27 heavy (non-hydrogen) atoms. The number of nitrogen functional groups attached to an aromatic ring is 1. The highest BCUT2D eigenvalue weighted by Gasteiger charge is 2.36. The normalized spacial score (nSPS) is 11.4. The second-order valence-corrected chi connectivity index (χ2v) is 6.17. The van der Waals surface area contributed by atoms with E-state index in [9.17, 15) is 18.0 Å². The maximum absolute atomic E-state index is 13.6. The molecule has 0 fully saturated rings. The Bertz CT molecular complexity index is 1010. The van der Waals surface area contributed by atoms with E-state index >= 15 is 0 Å². The van der Waals surface area contributed by atoms with Crippen molar-refractivity contribution in [1.82, 2.24) is 0 Å². The Hall–Kier alpha value is -3.28. The quantitative estimate of drug-likeness (QED) is 0.635. The van der Waals surface area contributed by atoms with Crippen molar-refractivity contribution in [2.45, 2.75) is 13.1 Å². The lowest BCUT2D eigenvalue weighted by Crippen LogP contribution is -2.17. The van der Waals surface area contributed by atoms with Crippen molar-refractivity contribution in [3.63, 3.8) is 0 Å². The minimum Gasteiger partial charge on any atom is -0.398 e. The number of carbonyl (C=O) groups excluding carboxylic acids is 1. The van der Waals surface area contributed by atoms with Crippen LogP contribution in [-0.4, -0.2) is 5.91 Å². The van der Waals surface area contributed by atoms with Gasteiger partial charge in [-0.05, 0) is 30.2 Å². The zero-order valence-corrected chi connectivity index (χ0v) is 14.5. The Balaban J connectivity index is 2.38. The molecule has 0 heterocycles. The number of benzene rings is 3. The van der Waals surface area contributed by atoms with E-state index < -0.39 is 17.6 Å². The molecule has 0 aliphatic carbocycles. The van der Waals surface area contributed by atoms with Gasteiger partial charge in [-0.15, -0.1) is 0 Å². The molecular formula is C21H17F3N2O. The Kier molecular flexibility index (Phi) is 4.66. The molecule has 0 radical (unpaired) electrons. The SMILES string of the molecule is Cc1ccc(-c2c(C(N)=O)cccc2C(F)(F)F)c(N)c1-c1ccccc1. The minimum absolute atomic E-state index is 0.126. The van der Waals surface area contributed by atoms with Crippen LogP contribution in [0, 0.1) is 6.92 Å². The van der Waals surface area contributed by atoms with Crippen molar-refractivity contribution < 1.29 is 18.0 Å². The number of aryl methyl sites for hydroxylation is 1. The van der Waals surface area contributed by atoms with Gasteiger partial charge in [-0.3, -0.25) is 4.79 Å². The first kappa shape index (κ1) is 18.5. The number of carbonyl (C=O) groups is 1. The molecule has 1 amide bonds. The second kappa shape index (κ2) is 6.79. The number of hydrogen-bond acceptors (Lipinski definition) is 2. The average molecular weight is 370 g/mol. The standard InChI is InChI=1S/C21H17F3N2O/c1-12-10-11-14(19(25)17(12)13-6-3-2-4-7-13)18-15(20(26)27)8-5-9-16(18)21(22,23)24/h2-11H,25H2,1H3,(H2,26,27). The average Bonchev–Trinajstić information content (AvgIpc) is 2.61. The number of rotatable bonds is 3. The third-order valence-corrected chi connectivity index (χ3v) is 4.42. The summed E-state index contributed by atoms with van der Waals surface area (Å²) in [4.78, 5) is 11.8. The molecule has 4 N–H and O–H groups in total. The summed E-state index contributed by atoms with van der Waals surface area (Å²) < 4.78 is 40.9. The Morgan fingerprint density at radius 2 is 1.56 bits per heavy atom. The van der Waals surface area contributed by atoms with Crippen LogP contribution in [0.2, 0.25) is 0 Å². The van der Waals surface area contributed by atoms with Crippen LogP contribution in [0.1, 0.15) is 21.5 Å². The summed E-state index contributed by atoms with van der Waals surface area (Å²) in [6, 6.07) is 15.7. The fourth-order valence-corrected chi connectivity index (χ4v) is 3.22. The van der Waals surface area contributed by atoms with Crippen LogP contribution < -0.4 is 11.5 Å². The smallest absolute Gasteiger partial charge is 0.398 e. The number of primary amides is 1. The van der Waals surface area contributed by atoms with Gasteiger partial charge in [-0.1, -0.05) is 48.5 Å². The summed E-state index contributed by atoms with van der Waals surface area (Å²) in [5, 5.41) is 0. The summed E-state index contributed by atoms with van der Waals surface area (Å²) in [5.41, 5.74) is 12.7. The largest absolute Gasteiger partial charge is 0.417 e. The third kappa shape index (κ3) is 3.38. The molecule has 3 aromatic carbocycles. The van der Waals surface area contributed by atoms with Crippen LogP contribution in [0.3, 0.4) is 0 Å². The van der Waals surface area contributed by atoms with Gasteiger partial charge in [0.05, 0.1) is 5.56 Å². The van der Waals surface area contributed by atoms with Crippen molar-refractivity contribution in [3.8, 4) is 22.3 Å². The van der Waals surface area contributed by atoms with Gasteiger partial charge < -0.3 is 11.5 Å². The van der Waals surface area contributed by atoms with E-state index in [-0.39, 0.29) is 22.4 Å². The Labute approximate surface area is 154 Å². The lowest BCUT2D eigenvalue weighted by molar-refractivity contribution is -0.137. The predicted molar refractivity (Wildman–Crippen MR) is 100.0 cm³/mol. The lowest BCUT2D eigenvalue weighted by atomic mass is 9.88. The van der Waals surface area contributed by atoms with E-state index in [1.165, 1.54) is 12.1 Å². The maximum Gasteiger partial charge on any atom is 0.417 e. The van der Waals surface area contributed by atoms with Gasteiger partial charge in [0.1, 0.15) is 0 Å². The van der Waals surface area contributed by atoms with Crippen molar-refractivity contribution in [3.05, 3.63) is 77.4 Å². The van der Waals surface area contributed by atoms with Gasteiger partial charge >= 0.3 is 6.18 Å². The van der Waals surface area contributed by atoms with Crippen molar-refractivity contribution in [2.24, 2.45) is 5.73 Å². The van der Waals surface area contributed by atoms with E-state index in [1.54, 1.807) is 6.07 Å². The van der Waals surface area contributed by atoms with Gasteiger partial charge in [-0.25, -0.2) is 0 Å². The van der Waals surface area contributed by atoms with Crippen LogP contribution >= 0.6 is 0 Å². The highest BCUT2D eigenvalue weighted by molar-refractivity contribution is 6.04. The molecule has 0 aromatic heterocycles. The summed E-state index contributed by atoms with van der Waals surface area (Å²) >= 11 is 0. The zero-order chi connectivity index (χ0) is 19.8. The third-order valence-electron chi connectivity index (χ3n) is 4.42. The van der Waals surface area contributed by atoms with Gasteiger partial charge in [0.2, 0.25) is 5.91 Å². The summed E-state index contributed by atoms with van der Waals surface area (Å²) in [7, 11) is 0. The number of halogens is 3. The zero-order valence-electron chi connectivity index (χ0n) is 14.5. The first-order chi connectivity index (χ1) is 12.7. The van der Waals surface area contributed by atoms with Gasteiger partial charge in [0.15, 0.2) is 0 Å². The number of anilines is 1. The molecule has 0 saturated carbocycles. The van der Waals surface area contributed by atoms with E-state index in [1.807, 2.05) is 37.3 Å². The molecule has 0 aliphatic rings. The molecule has 0 aliphatic heterocycles. The fourth-order valence-electron chi connectivity index (χ4n) is 3.22. The van der Waals surface area contributed by atoms with Crippen LogP contribution in [0.4, 0.5) is 18.9 Å². The molecular weight excluding hydrogens is 353 g/mol. The van der Waals surface area contributed by atoms with Gasteiger partial charge in [-0.2, -0.15) is 13.2 Å². The molecule has 3 nitrogen and oxygen atoms in total. The van der Waals surface area contributed by atoms with Crippen molar-refractivity contribution in [2.75, 3.05) is 5.73 Å². The van der Waals surface area contributed by atoms with Crippen LogP contribution in [0.5, 0.6) is 0 Å². The second-order valence-electron chi connectivity index (χ2n) is 6.17. The van der Waals surface area contributed by atoms with E-state index in [0.717, 1.165) is 23.3 Å². The highest BCUT2D eigenvalue weighted by Crippen LogP contribution is 2.44. The first-order valence-electron chi connectivity index (χ1n) is 8.16. The van der Waals surface area contributed by atoms with Crippen LogP contribution in [-0.2, 0) is 6.18 Å². The van der Waals surface area contributed by atoms with Crippen LogP contribution in [0.15, 0.2) is 60.7 Å². The molecule has 0 saturated heterocycles. The van der Waals surface area contributed by atoms with E-state index in [0.29, 0.717) is 5.56 Å². The molecule has 6 heteroatoms. The van der Waals surface area contributed by atoms with Gasteiger partial charge in [0, 0.05) is 27.9 Å². The van der Waals surface area contributed by atoms with Crippen LogP contribution in [0.25, 0.3) is 22.3 Å². The molecule has 3 rings (SSSR count). The molecule has 0 bridgehead atoms. The molecule has 0 atom stereocenters. The van der Waals surface area contributed by atoms with Gasteiger partial charge in [0.25, 0.3) is 0 Å². The lowest BCUT2D eigenvalue weighted by Gasteiger charge is -2.20. The number of hydrogen-bond donors (Lipinski definition) is 2. The van der Waals surface area contributed by atoms with E-state index in [4.69, 9.17) is 11.5 Å². The topological polar surface area (TPSA) is 69.1 Å². The number of nitrogens with two attached hydrogens (primary N) is 2. The number of amides is 1. The highest BCUT2D eigenvalue weighted by atomic mass is 19.4. The van der Waals surface area contributed by atoms with Crippen molar-refractivity contribution in [1.29, 1.82) is 0 Å². The summed E-state index contributed by atoms with van der Waals surface area (Å²) in [6.07, 6.45) is -4.66. The van der Waals surface area contributed by atoms with E-state index in [2.05, 4.69) is 0 Å². The Morgan fingerprint density at radius 3 is 2.15 bits per heavy atom. The summed E-state index contributed by atoms with van der Waals surface area (Å²) in [6.45, 7) is 1.83. The number of alkyl halides is 3. The monoisotopic (exact) mass is 370 g/mol. The molecule has 0 spiro atoms. The molecule has 138 valence electrons. The molecule has 3 aromatic rings.